The molecule has 0 bridgehead atoms. The Balaban J connectivity index is 2.29. The van der Waals surface area contributed by atoms with Gasteiger partial charge in [-0.05, 0) is 17.9 Å². The molecule has 1 aliphatic rings. The molecule has 2 rings (SSSR count). The van der Waals surface area contributed by atoms with Crippen LogP contribution in [0.5, 0.6) is 0 Å². The summed E-state index contributed by atoms with van der Waals surface area (Å²) in [6, 6.07) is 1.55. The predicted octanol–water partition coefficient (Wildman–Crippen LogP) is 1.90. The SMILES string of the molecule is CN(C1CCOC1)S(=O)(=O)c1ccsc1CCl. The Hall–Kier alpha value is -0.140. The van der Waals surface area contributed by atoms with Gasteiger partial charge < -0.3 is 4.74 Å². The van der Waals surface area contributed by atoms with E-state index in [9.17, 15) is 8.42 Å². The summed E-state index contributed by atoms with van der Waals surface area (Å²) >= 11 is 7.11. The van der Waals surface area contributed by atoms with Crippen molar-refractivity contribution in [1.82, 2.24) is 4.31 Å². The Morgan fingerprint density at radius 3 is 3.00 bits per heavy atom. The molecule has 1 aromatic heterocycles. The van der Waals surface area contributed by atoms with Crippen LogP contribution in [0, 0.1) is 0 Å². The molecule has 7 heteroatoms. The normalized spacial score (nSPS) is 21.2. The lowest BCUT2D eigenvalue weighted by Crippen LogP contribution is -2.37. The average Bonchev–Trinajstić information content (AvgIpc) is 2.98. The highest BCUT2D eigenvalue weighted by atomic mass is 35.5. The van der Waals surface area contributed by atoms with Gasteiger partial charge in [-0.15, -0.1) is 22.9 Å². The van der Waals surface area contributed by atoms with Crippen molar-refractivity contribution in [2.75, 3.05) is 20.3 Å². The highest BCUT2D eigenvalue weighted by Crippen LogP contribution is 2.28. The minimum atomic E-state index is -3.44. The fourth-order valence-electron chi connectivity index (χ4n) is 1.82. The topological polar surface area (TPSA) is 46.6 Å². The van der Waals surface area contributed by atoms with Crippen molar-refractivity contribution in [1.29, 1.82) is 0 Å². The van der Waals surface area contributed by atoms with E-state index in [0.717, 1.165) is 6.42 Å². The van der Waals surface area contributed by atoms with E-state index >= 15 is 0 Å². The van der Waals surface area contributed by atoms with E-state index in [1.807, 2.05) is 0 Å². The van der Waals surface area contributed by atoms with Crippen LogP contribution in [0.2, 0.25) is 0 Å². The Morgan fingerprint density at radius 2 is 2.41 bits per heavy atom. The van der Waals surface area contributed by atoms with Crippen molar-refractivity contribution >= 4 is 33.0 Å². The molecule has 1 aliphatic heterocycles. The van der Waals surface area contributed by atoms with Crippen LogP contribution in [0.4, 0.5) is 0 Å². The first kappa shape index (κ1) is 13.3. The van der Waals surface area contributed by atoms with Gasteiger partial charge in [-0.25, -0.2) is 8.42 Å². The van der Waals surface area contributed by atoms with Crippen molar-refractivity contribution in [2.24, 2.45) is 0 Å². The monoisotopic (exact) mass is 295 g/mol. The molecule has 0 amide bonds. The molecule has 0 aliphatic carbocycles. The number of likely N-dealkylation sites (N-methyl/N-ethyl adjacent to an activating group) is 1. The van der Waals surface area contributed by atoms with Gasteiger partial charge in [-0.1, -0.05) is 0 Å². The molecular weight excluding hydrogens is 282 g/mol. The maximum atomic E-state index is 12.4. The number of halogens is 1. The molecule has 0 N–H and O–H groups in total. The number of alkyl halides is 1. The smallest absolute Gasteiger partial charge is 0.244 e. The lowest BCUT2D eigenvalue weighted by Gasteiger charge is -2.22. The second-order valence-electron chi connectivity index (χ2n) is 3.88. The number of thiophene rings is 1. The quantitative estimate of drug-likeness (QED) is 0.797. The number of nitrogens with zero attached hydrogens (tertiary/aromatic N) is 1. The summed E-state index contributed by atoms with van der Waals surface area (Å²) in [6.45, 7) is 1.09. The summed E-state index contributed by atoms with van der Waals surface area (Å²) < 4.78 is 31.4. The maximum absolute atomic E-state index is 12.4. The van der Waals surface area contributed by atoms with Gasteiger partial charge in [0, 0.05) is 18.5 Å². The molecule has 0 radical (unpaired) electrons. The highest BCUT2D eigenvalue weighted by Gasteiger charge is 2.32. The summed E-state index contributed by atoms with van der Waals surface area (Å²) in [5.74, 6) is 0.223. The zero-order valence-electron chi connectivity index (χ0n) is 9.43. The third-order valence-corrected chi connectivity index (χ3v) is 6.37. The first-order valence-corrected chi connectivity index (χ1v) is 8.11. The van der Waals surface area contributed by atoms with E-state index in [0.29, 0.717) is 23.0 Å². The largest absolute Gasteiger partial charge is 0.380 e. The molecule has 4 nitrogen and oxygen atoms in total. The number of rotatable bonds is 4. The van der Waals surface area contributed by atoms with Crippen LogP contribution in [0.25, 0.3) is 0 Å². The molecule has 17 heavy (non-hydrogen) atoms. The third kappa shape index (κ3) is 2.51. The third-order valence-electron chi connectivity index (χ3n) is 2.90. The molecule has 1 fully saturated rings. The highest BCUT2D eigenvalue weighted by molar-refractivity contribution is 7.89. The molecular formula is C10H14ClNO3S2. The lowest BCUT2D eigenvalue weighted by molar-refractivity contribution is 0.181. The molecule has 1 unspecified atom stereocenters. The molecule has 0 saturated carbocycles. The molecule has 1 aromatic rings. The fraction of sp³-hybridized carbons (Fsp3) is 0.600. The van der Waals surface area contributed by atoms with Crippen molar-refractivity contribution in [3.8, 4) is 0 Å². The standard InChI is InChI=1S/C10H14ClNO3S2/c1-12(8-2-4-15-7-8)17(13,14)10-3-5-16-9(10)6-11/h3,5,8H,2,4,6-7H2,1H3. The molecule has 96 valence electrons. The van der Waals surface area contributed by atoms with Crippen molar-refractivity contribution < 1.29 is 13.2 Å². The van der Waals surface area contributed by atoms with E-state index in [2.05, 4.69) is 0 Å². The van der Waals surface area contributed by atoms with Crippen LogP contribution < -0.4 is 0 Å². The van der Waals surface area contributed by atoms with Crippen LogP contribution in [0.1, 0.15) is 11.3 Å². The van der Waals surface area contributed by atoms with E-state index < -0.39 is 10.0 Å². The van der Waals surface area contributed by atoms with Gasteiger partial charge in [0.05, 0.1) is 23.4 Å². The van der Waals surface area contributed by atoms with Crippen LogP contribution in [0.3, 0.4) is 0 Å². The predicted molar refractivity (Wildman–Crippen MR) is 68.0 cm³/mol. The van der Waals surface area contributed by atoms with Crippen molar-refractivity contribution in [3.63, 3.8) is 0 Å². The molecule has 0 aromatic carbocycles. The summed E-state index contributed by atoms with van der Waals surface area (Å²) in [5.41, 5.74) is 0. The second kappa shape index (κ2) is 5.24. The van der Waals surface area contributed by atoms with Crippen molar-refractivity contribution in [2.45, 2.75) is 23.2 Å². The first-order chi connectivity index (χ1) is 8.07. The van der Waals surface area contributed by atoms with Gasteiger partial charge in [0.2, 0.25) is 10.0 Å². The lowest BCUT2D eigenvalue weighted by atomic mass is 10.3. The summed E-state index contributed by atoms with van der Waals surface area (Å²) in [5, 5.41) is 1.75. The van der Waals surface area contributed by atoms with Gasteiger partial charge in [-0.3, -0.25) is 0 Å². The van der Waals surface area contributed by atoms with Gasteiger partial charge in [0.1, 0.15) is 0 Å². The molecule has 0 spiro atoms. The van der Waals surface area contributed by atoms with Crippen molar-refractivity contribution in [3.05, 3.63) is 16.3 Å². The van der Waals surface area contributed by atoms with Gasteiger partial charge >= 0.3 is 0 Å². The summed E-state index contributed by atoms with van der Waals surface area (Å²) in [7, 11) is -1.84. The van der Waals surface area contributed by atoms with E-state index in [-0.39, 0.29) is 11.9 Å². The minimum Gasteiger partial charge on any atom is -0.380 e. The second-order valence-corrected chi connectivity index (χ2v) is 7.11. The molecule has 1 saturated heterocycles. The first-order valence-electron chi connectivity index (χ1n) is 5.25. The Bertz CT molecular complexity index is 479. The summed E-state index contributed by atoms with van der Waals surface area (Å²) in [4.78, 5) is 1.02. The Labute approximate surface area is 110 Å². The van der Waals surface area contributed by atoms with E-state index in [1.165, 1.54) is 15.6 Å². The zero-order valence-corrected chi connectivity index (χ0v) is 11.8. The van der Waals surface area contributed by atoms with Crippen LogP contribution in [0.15, 0.2) is 16.3 Å². The van der Waals surface area contributed by atoms with Gasteiger partial charge in [0.25, 0.3) is 0 Å². The maximum Gasteiger partial charge on any atom is 0.244 e. The number of hydrogen-bond donors (Lipinski definition) is 0. The van der Waals surface area contributed by atoms with Crippen LogP contribution >= 0.6 is 22.9 Å². The Morgan fingerprint density at radius 1 is 1.65 bits per heavy atom. The Kier molecular flexibility index (Phi) is 4.10. The fourth-order valence-corrected chi connectivity index (χ4v) is 4.86. The van der Waals surface area contributed by atoms with Gasteiger partial charge in [-0.2, -0.15) is 4.31 Å². The molecule has 2 heterocycles. The van der Waals surface area contributed by atoms with Crippen LogP contribution in [-0.4, -0.2) is 39.0 Å². The van der Waals surface area contributed by atoms with Crippen LogP contribution in [-0.2, 0) is 20.6 Å². The van der Waals surface area contributed by atoms with E-state index in [1.54, 1.807) is 18.5 Å². The number of hydrogen-bond acceptors (Lipinski definition) is 4. The number of sulfonamides is 1. The number of ether oxygens (including phenoxy) is 1. The molecule has 1 atom stereocenters. The average molecular weight is 296 g/mol. The summed E-state index contributed by atoms with van der Waals surface area (Å²) in [6.07, 6.45) is 0.746. The minimum absolute atomic E-state index is 0.0666. The van der Waals surface area contributed by atoms with E-state index in [4.69, 9.17) is 16.3 Å². The van der Waals surface area contributed by atoms with Gasteiger partial charge in [0.15, 0.2) is 0 Å². The zero-order chi connectivity index (χ0) is 12.5.